The van der Waals surface area contributed by atoms with Gasteiger partial charge in [-0.1, -0.05) is 91.6 Å². The average molecular weight is 749 g/mol. The number of hydrogen-bond donors (Lipinski definition) is 4. The molecule has 1 aliphatic rings. The molecule has 0 saturated heterocycles. The van der Waals surface area contributed by atoms with E-state index in [1.165, 1.54) is 24.3 Å². The zero-order valence-corrected chi connectivity index (χ0v) is 29.6. The van der Waals surface area contributed by atoms with Crippen LogP contribution in [0.5, 0.6) is 5.75 Å². The largest absolute Gasteiger partial charge is 0.490 e. The Morgan fingerprint density at radius 1 is 0.865 bits per heavy atom. The number of ketones is 1. The molecule has 0 fully saturated rings. The molecule has 4 N–H and O–H groups in total. The predicted molar refractivity (Wildman–Crippen MR) is 193 cm³/mol. The molecule has 0 radical (unpaired) electrons. The van der Waals surface area contributed by atoms with Crippen LogP contribution in [0.25, 0.3) is 10.8 Å². The quantitative estimate of drug-likeness (QED) is 0.114. The van der Waals surface area contributed by atoms with Gasteiger partial charge in [-0.25, -0.2) is 4.79 Å². The molecule has 52 heavy (non-hydrogen) atoms. The van der Waals surface area contributed by atoms with Crippen molar-refractivity contribution < 1.29 is 43.4 Å². The van der Waals surface area contributed by atoms with E-state index >= 15 is 0 Å². The Bertz CT molecular complexity index is 2000. The molecule has 0 aromatic heterocycles. The molecular formula is C38H35Cl2N3O9. The number of para-hydroxylation sites is 1. The van der Waals surface area contributed by atoms with Gasteiger partial charge in [0.2, 0.25) is 5.60 Å². The van der Waals surface area contributed by atoms with E-state index in [-0.39, 0.29) is 27.4 Å². The first-order chi connectivity index (χ1) is 24.9. The molecule has 5 rings (SSSR count). The standard InChI is InChI=1S/C38H35Cl2N3O9/c1-22(2)34(42-35(47)25-16-15-23-9-6-7-10-24(23)17-25)30-19-38(52-43-30,21-51-26-11-4-3-5-12-26)37(49)41-29(18-32(45)46)31(44)20-50-36(48)33-27(39)13-8-14-28(33)40/h3-17,19,22,29,34,43H,18,20-21H2,1-2H3,(H,41,49)(H,42,47)(H,45,46)/t29-,34-,38?/m0/s1. The highest BCUT2D eigenvalue weighted by Gasteiger charge is 2.47. The Morgan fingerprint density at radius 2 is 1.54 bits per heavy atom. The number of Topliss-reactive ketones (excluding diaryl/α,β-unsaturated/α-hetero) is 1. The van der Waals surface area contributed by atoms with E-state index in [0.717, 1.165) is 10.8 Å². The number of halogens is 2. The highest BCUT2D eigenvalue weighted by Crippen LogP contribution is 2.28. The molecule has 3 atom stereocenters. The number of hydrogen-bond acceptors (Lipinski definition) is 9. The van der Waals surface area contributed by atoms with Crippen LogP contribution in [-0.4, -0.2) is 65.5 Å². The summed E-state index contributed by atoms with van der Waals surface area (Å²) in [6, 6.07) is 23.5. The minimum atomic E-state index is -1.95. The molecule has 0 bridgehead atoms. The molecule has 12 nitrogen and oxygen atoms in total. The van der Waals surface area contributed by atoms with Gasteiger partial charge in [-0.05, 0) is 59.2 Å². The Kier molecular flexibility index (Phi) is 12.2. The van der Waals surface area contributed by atoms with Crippen LogP contribution < -0.4 is 20.9 Å². The Balaban J connectivity index is 1.38. The van der Waals surface area contributed by atoms with Crippen LogP contribution in [0.3, 0.4) is 0 Å². The lowest BCUT2D eigenvalue weighted by Gasteiger charge is -2.27. The molecule has 1 unspecified atom stereocenters. The summed E-state index contributed by atoms with van der Waals surface area (Å²) in [4.78, 5) is 71.1. The second-order valence-corrected chi connectivity index (χ2v) is 13.1. The Hall–Kier alpha value is -5.43. The summed E-state index contributed by atoms with van der Waals surface area (Å²) in [5.41, 5.74) is 1.37. The van der Waals surface area contributed by atoms with Gasteiger partial charge in [0.15, 0.2) is 12.4 Å². The molecule has 2 amide bonds. The van der Waals surface area contributed by atoms with Crippen molar-refractivity contribution in [2.75, 3.05) is 13.2 Å². The van der Waals surface area contributed by atoms with E-state index < -0.39 is 60.9 Å². The molecule has 0 aliphatic carbocycles. The number of hydroxylamine groups is 1. The van der Waals surface area contributed by atoms with Crippen molar-refractivity contribution in [2.45, 2.75) is 38.0 Å². The van der Waals surface area contributed by atoms with Gasteiger partial charge in [0, 0.05) is 5.56 Å². The number of amides is 2. The fourth-order valence-corrected chi connectivity index (χ4v) is 5.98. The van der Waals surface area contributed by atoms with Crippen LogP contribution in [0.1, 0.15) is 41.0 Å². The van der Waals surface area contributed by atoms with Crippen molar-refractivity contribution in [3.05, 3.63) is 124 Å². The zero-order valence-electron chi connectivity index (χ0n) is 28.1. The molecular weight excluding hydrogens is 713 g/mol. The number of carbonyl (C=O) groups excluding carboxylic acids is 4. The third kappa shape index (κ3) is 9.07. The van der Waals surface area contributed by atoms with E-state index in [1.54, 1.807) is 42.5 Å². The summed E-state index contributed by atoms with van der Waals surface area (Å²) in [6.07, 6.45) is 0.587. The van der Waals surface area contributed by atoms with Gasteiger partial charge < -0.3 is 25.2 Å². The normalized spacial score (nSPS) is 16.3. The molecule has 0 spiro atoms. The van der Waals surface area contributed by atoms with Crippen LogP contribution in [-0.2, 0) is 24.0 Å². The molecule has 0 saturated carbocycles. The summed E-state index contributed by atoms with van der Waals surface area (Å²) in [5.74, 6) is -4.46. The second-order valence-electron chi connectivity index (χ2n) is 12.3. The topological polar surface area (TPSA) is 169 Å². The Labute approximate surface area is 309 Å². The monoisotopic (exact) mass is 747 g/mol. The first-order valence-electron chi connectivity index (χ1n) is 16.2. The van der Waals surface area contributed by atoms with Gasteiger partial charge in [0.05, 0.1) is 33.8 Å². The molecule has 4 aromatic rings. The molecule has 1 aliphatic heterocycles. The average Bonchev–Trinajstić information content (AvgIpc) is 3.56. The predicted octanol–water partition coefficient (Wildman–Crippen LogP) is 5.52. The number of ether oxygens (including phenoxy) is 2. The van der Waals surface area contributed by atoms with E-state index in [1.807, 2.05) is 44.2 Å². The summed E-state index contributed by atoms with van der Waals surface area (Å²) in [6.45, 7) is 2.42. The van der Waals surface area contributed by atoms with E-state index in [4.69, 9.17) is 37.5 Å². The molecule has 14 heteroatoms. The number of benzene rings is 4. The lowest BCUT2D eigenvalue weighted by molar-refractivity contribution is -0.151. The second kappa shape index (κ2) is 16.7. The zero-order chi connectivity index (χ0) is 37.4. The number of rotatable bonds is 15. The smallest absolute Gasteiger partial charge is 0.341 e. The van der Waals surface area contributed by atoms with Crippen molar-refractivity contribution in [3.63, 3.8) is 0 Å². The number of carboxylic acid groups (broad SMARTS) is 1. The summed E-state index contributed by atoms with van der Waals surface area (Å²) in [5, 5.41) is 16.9. The number of nitrogens with one attached hydrogen (secondary N) is 3. The van der Waals surface area contributed by atoms with Gasteiger partial charge in [-0.3, -0.25) is 29.5 Å². The van der Waals surface area contributed by atoms with Crippen LogP contribution >= 0.6 is 23.2 Å². The summed E-state index contributed by atoms with van der Waals surface area (Å²) in [7, 11) is 0. The minimum absolute atomic E-state index is 0.0117. The van der Waals surface area contributed by atoms with Gasteiger partial charge in [-0.2, -0.15) is 0 Å². The fraction of sp³-hybridized carbons (Fsp3) is 0.237. The number of carbonyl (C=O) groups is 5. The maximum atomic E-state index is 14.1. The van der Waals surface area contributed by atoms with Gasteiger partial charge in [0.25, 0.3) is 11.8 Å². The van der Waals surface area contributed by atoms with Crippen molar-refractivity contribution in [1.29, 1.82) is 0 Å². The van der Waals surface area contributed by atoms with Crippen molar-refractivity contribution >= 4 is 63.5 Å². The first-order valence-corrected chi connectivity index (χ1v) is 16.9. The van der Waals surface area contributed by atoms with Crippen LogP contribution in [0.15, 0.2) is 103 Å². The van der Waals surface area contributed by atoms with Crippen molar-refractivity contribution in [2.24, 2.45) is 5.92 Å². The summed E-state index contributed by atoms with van der Waals surface area (Å²) >= 11 is 12.1. The SMILES string of the molecule is CC(C)[C@H](NC(=O)c1ccc2ccccc2c1)C1=CC(COc2ccccc2)(C(=O)N[C@@H](CC(=O)O)C(=O)COC(=O)c2c(Cl)cccc2Cl)ON1. The summed E-state index contributed by atoms with van der Waals surface area (Å²) < 4.78 is 11.0. The van der Waals surface area contributed by atoms with E-state index in [0.29, 0.717) is 17.0 Å². The van der Waals surface area contributed by atoms with Crippen LogP contribution in [0.4, 0.5) is 0 Å². The number of esters is 1. The van der Waals surface area contributed by atoms with Crippen molar-refractivity contribution in [1.82, 2.24) is 16.1 Å². The number of carboxylic acids is 1. The molecule has 270 valence electrons. The fourth-order valence-electron chi connectivity index (χ4n) is 5.43. The van der Waals surface area contributed by atoms with Gasteiger partial charge in [-0.15, -0.1) is 0 Å². The number of fused-ring (bicyclic) bond motifs is 1. The Morgan fingerprint density at radius 3 is 2.21 bits per heavy atom. The van der Waals surface area contributed by atoms with Crippen LogP contribution in [0.2, 0.25) is 10.0 Å². The van der Waals surface area contributed by atoms with E-state index in [2.05, 4.69) is 16.1 Å². The maximum absolute atomic E-state index is 14.1. The first kappa shape index (κ1) is 37.8. The third-order valence-electron chi connectivity index (χ3n) is 8.21. The van der Waals surface area contributed by atoms with Gasteiger partial charge in [0.1, 0.15) is 18.4 Å². The number of aliphatic carboxylic acids is 1. The third-order valence-corrected chi connectivity index (χ3v) is 8.84. The minimum Gasteiger partial charge on any atom is -0.490 e. The lowest BCUT2D eigenvalue weighted by atomic mass is 9.95. The van der Waals surface area contributed by atoms with Crippen molar-refractivity contribution in [3.8, 4) is 5.75 Å². The maximum Gasteiger partial charge on any atom is 0.341 e. The van der Waals surface area contributed by atoms with E-state index in [9.17, 15) is 29.1 Å². The molecule has 4 aromatic carbocycles. The molecule has 1 heterocycles. The highest BCUT2D eigenvalue weighted by molar-refractivity contribution is 6.39. The van der Waals surface area contributed by atoms with Crippen LogP contribution in [0, 0.1) is 5.92 Å². The van der Waals surface area contributed by atoms with Gasteiger partial charge >= 0.3 is 11.9 Å². The highest BCUT2D eigenvalue weighted by atomic mass is 35.5. The lowest BCUT2D eigenvalue weighted by Crippen LogP contribution is -2.56.